The molecular weight excluding hydrogens is 390 g/mol. The van der Waals surface area contributed by atoms with Crippen LogP contribution in [-0.4, -0.2) is 37.4 Å². The maximum absolute atomic E-state index is 13.1. The van der Waals surface area contributed by atoms with Gasteiger partial charge in [-0.05, 0) is 63.6 Å². The summed E-state index contributed by atoms with van der Waals surface area (Å²) in [6, 6.07) is 5.34. The van der Waals surface area contributed by atoms with E-state index in [0.29, 0.717) is 35.6 Å². The molecule has 1 aliphatic carbocycles. The minimum Gasteiger partial charge on any atom is -0.492 e. The van der Waals surface area contributed by atoms with Gasteiger partial charge in [0.05, 0.1) is 17.2 Å². The van der Waals surface area contributed by atoms with E-state index < -0.39 is 5.60 Å². The van der Waals surface area contributed by atoms with Crippen LogP contribution < -0.4 is 10.1 Å². The van der Waals surface area contributed by atoms with E-state index in [-0.39, 0.29) is 11.5 Å². The second kappa shape index (κ2) is 10.6. The molecule has 1 fully saturated rings. The van der Waals surface area contributed by atoms with E-state index in [4.69, 9.17) is 25.8 Å². The second-order valence-corrected chi connectivity index (χ2v) is 9.11. The molecule has 164 valence electrons. The molecule has 0 saturated heterocycles. The van der Waals surface area contributed by atoms with Crippen molar-refractivity contribution in [2.24, 2.45) is 5.92 Å². The standard InChI is InChI=1S/C23H36ClNO4/c1-6-13-29-23(11-7-8-17(2)16-23)21(26)25-18-9-10-20(19(24)15-18)28-14-12-22(3,4)27-5/h9-10,15,17H,6-8,11-14,16H2,1-5H3,(H,25,26)/t17-,23+/m1/s1. The smallest absolute Gasteiger partial charge is 0.256 e. The Morgan fingerprint density at radius 2 is 2.10 bits per heavy atom. The Kier molecular flexibility index (Phi) is 8.80. The zero-order chi connectivity index (χ0) is 21.5. The molecule has 2 atom stereocenters. The van der Waals surface area contributed by atoms with Crippen LogP contribution in [-0.2, 0) is 14.3 Å². The summed E-state index contributed by atoms with van der Waals surface area (Å²) in [6.07, 6.45) is 5.29. The maximum Gasteiger partial charge on any atom is 0.256 e. The highest BCUT2D eigenvalue weighted by Crippen LogP contribution is 2.37. The van der Waals surface area contributed by atoms with Crippen molar-refractivity contribution in [3.05, 3.63) is 23.2 Å². The van der Waals surface area contributed by atoms with Crippen LogP contribution in [0.2, 0.25) is 5.02 Å². The average molecular weight is 426 g/mol. The lowest BCUT2D eigenvalue weighted by Gasteiger charge is -2.38. The third kappa shape index (κ3) is 6.87. The summed E-state index contributed by atoms with van der Waals surface area (Å²) >= 11 is 6.39. The van der Waals surface area contributed by atoms with Crippen molar-refractivity contribution in [1.82, 2.24) is 0 Å². The molecule has 1 amide bonds. The number of carbonyl (C=O) groups is 1. The molecule has 29 heavy (non-hydrogen) atoms. The van der Waals surface area contributed by atoms with Gasteiger partial charge in [0.2, 0.25) is 0 Å². The SMILES string of the molecule is CCCO[C@@]1(C(=O)Nc2ccc(OCCC(C)(C)OC)c(Cl)c2)CCC[C@@H](C)C1. The quantitative estimate of drug-likeness (QED) is 0.511. The number of rotatable bonds is 10. The number of hydrogen-bond acceptors (Lipinski definition) is 4. The number of amides is 1. The number of carbonyl (C=O) groups excluding carboxylic acids is 1. The molecule has 1 aliphatic rings. The van der Waals surface area contributed by atoms with E-state index in [0.717, 1.165) is 38.5 Å². The summed E-state index contributed by atoms with van der Waals surface area (Å²) in [7, 11) is 1.69. The van der Waals surface area contributed by atoms with Crippen molar-refractivity contribution < 1.29 is 19.0 Å². The number of nitrogens with one attached hydrogen (secondary N) is 1. The van der Waals surface area contributed by atoms with Gasteiger partial charge in [-0.15, -0.1) is 0 Å². The normalized spacial score (nSPS) is 22.3. The topological polar surface area (TPSA) is 56.8 Å². The molecule has 5 nitrogen and oxygen atoms in total. The van der Waals surface area contributed by atoms with Crippen LogP contribution in [0, 0.1) is 5.92 Å². The van der Waals surface area contributed by atoms with E-state index >= 15 is 0 Å². The first kappa shape index (κ1) is 24.0. The highest BCUT2D eigenvalue weighted by Gasteiger charge is 2.42. The Morgan fingerprint density at radius 3 is 2.72 bits per heavy atom. The van der Waals surface area contributed by atoms with Gasteiger partial charge in [-0.1, -0.05) is 31.9 Å². The summed E-state index contributed by atoms with van der Waals surface area (Å²) in [5.41, 5.74) is -0.340. The maximum atomic E-state index is 13.1. The summed E-state index contributed by atoms with van der Waals surface area (Å²) in [6.45, 7) is 9.36. The van der Waals surface area contributed by atoms with Crippen LogP contribution in [0.1, 0.15) is 66.2 Å². The molecule has 2 rings (SSSR count). The van der Waals surface area contributed by atoms with Crippen LogP contribution in [0.5, 0.6) is 5.75 Å². The first-order valence-corrected chi connectivity index (χ1v) is 11.0. The Labute approximate surface area is 180 Å². The Hall–Kier alpha value is -1.30. The van der Waals surface area contributed by atoms with Crippen LogP contribution in [0.3, 0.4) is 0 Å². The van der Waals surface area contributed by atoms with E-state index in [9.17, 15) is 4.79 Å². The zero-order valence-electron chi connectivity index (χ0n) is 18.5. The van der Waals surface area contributed by atoms with Crippen LogP contribution >= 0.6 is 11.6 Å². The van der Waals surface area contributed by atoms with Crippen molar-refractivity contribution in [3.63, 3.8) is 0 Å². The van der Waals surface area contributed by atoms with E-state index in [1.807, 2.05) is 19.9 Å². The van der Waals surface area contributed by atoms with Gasteiger partial charge in [-0.2, -0.15) is 0 Å². The molecule has 0 bridgehead atoms. The largest absolute Gasteiger partial charge is 0.492 e. The minimum atomic E-state index is -0.749. The van der Waals surface area contributed by atoms with Crippen molar-refractivity contribution in [2.75, 3.05) is 25.6 Å². The molecule has 1 N–H and O–H groups in total. The number of ether oxygens (including phenoxy) is 3. The van der Waals surface area contributed by atoms with Crippen LogP contribution in [0.4, 0.5) is 5.69 Å². The van der Waals surface area contributed by atoms with Crippen molar-refractivity contribution in [1.29, 1.82) is 0 Å². The van der Waals surface area contributed by atoms with Crippen molar-refractivity contribution in [3.8, 4) is 5.75 Å². The van der Waals surface area contributed by atoms with Gasteiger partial charge in [0.25, 0.3) is 5.91 Å². The number of halogens is 1. The number of methoxy groups -OCH3 is 1. The molecule has 0 aliphatic heterocycles. The molecule has 1 aromatic carbocycles. The monoisotopic (exact) mass is 425 g/mol. The Bertz CT molecular complexity index is 679. The first-order chi connectivity index (χ1) is 13.7. The third-order valence-electron chi connectivity index (χ3n) is 5.66. The average Bonchev–Trinajstić information content (AvgIpc) is 2.68. The Balaban J connectivity index is 2.02. The lowest BCUT2D eigenvalue weighted by molar-refractivity contribution is -0.148. The van der Waals surface area contributed by atoms with Gasteiger partial charge in [0.15, 0.2) is 0 Å². The van der Waals surface area contributed by atoms with E-state index in [2.05, 4.69) is 19.2 Å². The van der Waals surface area contributed by atoms with Crippen LogP contribution in [0.25, 0.3) is 0 Å². The summed E-state index contributed by atoms with van der Waals surface area (Å²) < 4.78 is 17.3. The number of benzene rings is 1. The first-order valence-electron chi connectivity index (χ1n) is 10.6. The highest BCUT2D eigenvalue weighted by atomic mass is 35.5. The van der Waals surface area contributed by atoms with Crippen molar-refractivity contribution >= 4 is 23.2 Å². The zero-order valence-corrected chi connectivity index (χ0v) is 19.2. The molecule has 0 aromatic heterocycles. The Morgan fingerprint density at radius 1 is 1.34 bits per heavy atom. The second-order valence-electron chi connectivity index (χ2n) is 8.71. The van der Waals surface area contributed by atoms with Gasteiger partial charge in [-0.3, -0.25) is 4.79 Å². The molecule has 6 heteroatoms. The molecule has 1 saturated carbocycles. The predicted molar refractivity (Wildman–Crippen MR) is 118 cm³/mol. The van der Waals surface area contributed by atoms with Gasteiger partial charge >= 0.3 is 0 Å². The fourth-order valence-electron chi connectivity index (χ4n) is 3.65. The van der Waals surface area contributed by atoms with E-state index in [1.165, 1.54) is 0 Å². The predicted octanol–water partition coefficient (Wildman–Crippen LogP) is 5.85. The number of anilines is 1. The van der Waals surface area contributed by atoms with Gasteiger partial charge in [-0.25, -0.2) is 0 Å². The number of hydrogen-bond donors (Lipinski definition) is 1. The molecule has 0 radical (unpaired) electrons. The van der Waals surface area contributed by atoms with E-state index in [1.54, 1.807) is 19.2 Å². The fraction of sp³-hybridized carbons (Fsp3) is 0.696. The molecular formula is C23H36ClNO4. The molecule has 0 unspecified atom stereocenters. The molecule has 0 spiro atoms. The van der Waals surface area contributed by atoms with Gasteiger partial charge in [0, 0.05) is 25.8 Å². The third-order valence-corrected chi connectivity index (χ3v) is 5.95. The van der Waals surface area contributed by atoms with Crippen molar-refractivity contribution in [2.45, 2.75) is 77.4 Å². The lowest BCUT2D eigenvalue weighted by atomic mass is 9.78. The fourth-order valence-corrected chi connectivity index (χ4v) is 3.89. The summed E-state index contributed by atoms with van der Waals surface area (Å²) in [5, 5.41) is 3.49. The van der Waals surface area contributed by atoms with Gasteiger partial charge < -0.3 is 19.5 Å². The highest BCUT2D eigenvalue weighted by molar-refractivity contribution is 6.32. The molecule has 1 aromatic rings. The lowest BCUT2D eigenvalue weighted by Crippen LogP contribution is -2.48. The van der Waals surface area contributed by atoms with Crippen LogP contribution in [0.15, 0.2) is 18.2 Å². The summed E-state index contributed by atoms with van der Waals surface area (Å²) in [5.74, 6) is 0.992. The van der Waals surface area contributed by atoms with Gasteiger partial charge in [0.1, 0.15) is 11.4 Å². The summed E-state index contributed by atoms with van der Waals surface area (Å²) in [4.78, 5) is 13.1. The minimum absolute atomic E-state index is 0.0796. The molecule has 0 heterocycles.